The highest BCUT2D eigenvalue weighted by Gasteiger charge is 2.12. The number of carbonyl (C=O) groups excluding carboxylic acids is 1. The van der Waals surface area contributed by atoms with Gasteiger partial charge in [0.15, 0.2) is 0 Å². The number of imidazole rings is 1. The molecule has 1 heterocycles. The van der Waals surface area contributed by atoms with Crippen molar-refractivity contribution in [3.8, 4) is 11.4 Å². The van der Waals surface area contributed by atoms with Gasteiger partial charge in [0.2, 0.25) is 0 Å². The number of halogens is 2. The fraction of sp³-hybridized carbons (Fsp3) is 0.125. The molecule has 3 rings (SSSR count). The minimum Gasteiger partial charge on any atom is -0.462 e. The van der Waals surface area contributed by atoms with Crippen molar-refractivity contribution in [3.63, 3.8) is 0 Å². The van der Waals surface area contributed by atoms with Crippen LogP contribution in [0.1, 0.15) is 17.3 Å². The summed E-state index contributed by atoms with van der Waals surface area (Å²) in [5.74, 6) is 0.266. The van der Waals surface area contributed by atoms with Crippen LogP contribution in [0.15, 0.2) is 36.4 Å². The number of H-pyrrole nitrogens is 1. The zero-order valence-electron chi connectivity index (χ0n) is 11.7. The van der Waals surface area contributed by atoms with Crippen LogP contribution >= 0.6 is 23.2 Å². The Balaban J connectivity index is 2.04. The first-order valence-corrected chi connectivity index (χ1v) is 7.46. The first-order chi connectivity index (χ1) is 10.6. The van der Waals surface area contributed by atoms with Crippen molar-refractivity contribution in [2.75, 3.05) is 6.61 Å². The number of nitrogens with one attached hydrogen (secondary N) is 1. The topological polar surface area (TPSA) is 55.0 Å². The van der Waals surface area contributed by atoms with Gasteiger partial charge in [0.25, 0.3) is 0 Å². The summed E-state index contributed by atoms with van der Waals surface area (Å²) in [6, 6.07) is 10.4. The van der Waals surface area contributed by atoms with Crippen LogP contribution in [0, 0.1) is 0 Å². The molecule has 0 saturated carbocycles. The SMILES string of the molecule is CCOC(=O)c1ccc2nc(-c3ccc(Cl)cc3Cl)[nH]c2c1. The second-order valence-electron chi connectivity index (χ2n) is 4.66. The molecule has 0 aliphatic rings. The van der Waals surface area contributed by atoms with Crippen molar-refractivity contribution in [3.05, 3.63) is 52.0 Å². The fourth-order valence-electron chi connectivity index (χ4n) is 2.16. The molecular weight excluding hydrogens is 323 g/mol. The smallest absolute Gasteiger partial charge is 0.338 e. The second-order valence-corrected chi connectivity index (χ2v) is 5.51. The predicted molar refractivity (Wildman–Crippen MR) is 87.5 cm³/mol. The van der Waals surface area contributed by atoms with E-state index in [1.807, 2.05) is 0 Å². The van der Waals surface area contributed by atoms with Crippen molar-refractivity contribution in [2.24, 2.45) is 0 Å². The van der Waals surface area contributed by atoms with Gasteiger partial charge in [-0.25, -0.2) is 9.78 Å². The van der Waals surface area contributed by atoms with Crippen LogP contribution in [0.5, 0.6) is 0 Å². The molecule has 0 unspecified atom stereocenters. The minimum atomic E-state index is -0.356. The van der Waals surface area contributed by atoms with Crippen molar-refractivity contribution in [1.82, 2.24) is 9.97 Å². The van der Waals surface area contributed by atoms with Crippen LogP contribution in [0.3, 0.4) is 0 Å². The zero-order valence-corrected chi connectivity index (χ0v) is 13.2. The van der Waals surface area contributed by atoms with E-state index in [1.54, 1.807) is 43.3 Å². The first kappa shape index (κ1) is 14.9. The van der Waals surface area contributed by atoms with Crippen LogP contribution in [-0.2, 0) is 4.74 Å². The van der Waals surface area contributed by atoms with E-state index in [4.69, 9.17) is 27.9 Å². The molecule has 3 aromatic rings. The lowest BCUT2D eigenvalue weighted by atomic mass is 10.2. The monoisotopic (exact) mass is 334 g/mol. The van der Waals surface area contributed by atoms with Crippen LogP contribution in [0.4, 0.5) is 0 Å². The lowest BCUT2D eigenvalue weighted by Gasteiger charge is -2.01. The molecule has 0 fully saturated rings. The summed E-state index contributed by atoms with van der Waals surface area (Å²) >= 11 is 12.1. The number of ether oxygens (including phenoxy) is 1. The molecule has 6 heteroatoms. The normalized spacial score (nSPS) is 10.9. The second kappa shape index (κ2) is 5.99. The van der Waals surface area contributed by atoms with Gasteiger partial charge in [-0.05, 0) is 43.3 Å². The number of carbonyl (C=O) groups is 1. The third-order valence-corrected chi connectivity index (χ3v) is 3.73. The van der Waals surface area contributed by atoms with E-state index in [-0.39, 0.29) is 5.97 Å². The fourth-order valence-corrected chi connectivity index (χ4v) is 2.66. The highest BCUT2D eigenvalue weighted by atomic mass is 35.5. The van der Waals surface area contributed by atoms with E-state index < -0.39 is 0 Å². The summed E-state index contributed by atoms with van der Waals surface area (Å²) in [5.41, 5.74) is 2.72. The van der Waals surface area contributed by atoms with Crippen LogP contribution in [0.25, 0.3) is 22.4 Å². The van der Waals surface area contributed by atoms with Crippen LogP contribution < -0.4 is 0 Å². The maximum absolute atomic E-state index is 11.8. The quantitative estimate of drug-likeness (QED) is 0.705. The maximum Gasteiger partial charge on any atom is 0.338 e. The van der Waals surface area contributed by atoms with Gasteiger partial charge in [0.1, 0.15) is 5.82 Å². The number of rotatable bonds is 3. The summed E-state index contributed by atoms with van der Waals surface area (Å²) in [6.07, 6.45) is 0. The largest absolute Gasteiger partial charge is 0.462 e. The highest BCUT2D eigenvalue weighted by Crippen LogP contribution is 2.30. The van der Waals surface area contributed by atoms with Crippen molar-refractivity contribution in [2.45, 2.75) is 6.92 Å². The summed E-state index contributed by atoms with van der Waals surface area (Å²) in [5, 5.41) is 1.08. The Labute approximate surface area is 137 Å². The molecule has 0 radical (unpaired) electrons. The Bertz CT molecular complexity index is 858. The maximum atomic E-state index is 11.8. The van der Waals surface area contributed by atoms with E-state index in [9.17, 15) is 4.79 Å². The molecule has 0 aliphatic carbocycles. The van der Waals surface area contributed by atoms with Gasteiger partial charge < -0.3 is 9.72 Å². The van der Waals surface area contributed by atoms with E-state index in [0.29, 0.717) is 28.0 Å². The molecule has 0 aliphatic heterocycles. The highest BCUT2D eigenvalue weighted by molar-refractivity contribution is 6.36. The third kappa shape index (κ3) is 2.80. The number of aromatic amines is 1. The summed E-state index contributed by atoms with van der Waals surface area (Å²) in [7, 11) is 0. The molecule has 0 bridgehead atoms. The number of aromatic nitrogens is 2. The Morgan fingerprint density at radius 3 is 2.77 bits per heavy atom. The predicted octanol–water partition coefficient (Wildman–Crippen LogP) is 4.71. The molecular formula is C16H12Cl2N2O2. The van der Waals surface area contributed by atoms with Crippen LogP contribution in [-0.4, -0.2) is 22.5 Å². The van der Waals surface area contributed by atoms with Crippen molar-refractivity contribution >= 4 is 40.2 Å². The Hall–Kier alpha value is -2.04. The molecule has 4 nitrogen and oxygen atoms in total. The standard InChI is InChI=1S/C16H12Cl2N2O2/c1-2-22-16(21)9-3-6-13-14(7-9)20-15(19-13)11-5-4-10(17)8-12(11)18/h3-8H,2H2,1H3,(H,19,20). The third-order valence-electron chi connectivity index (χ3n) is 3.18. The zero-order chi connectivity index (χ0) is 15.7. The molecule has 22 heavy (non-hydrogen) atoms. The number of fused-ring (bicyclic) bond motifs is 1. The van der Waals surface area contributed by atoms with Gasteiger partial charge in [0.05, 0.1) is 28.2 Å². The summed E-state index contributed by atoms with van der Waals surface area (Å²) in [6.45, 7) is 2.11. The lowest BCUT2D eigenvalue weighted by molar-refractivity contribution is 0.0526. The van der Waals surface area contributed by atoms with Gasteiger partial charge >= 0.3 is 5.97 Å². The Morgan fingerprint density at radius 1 is 1.23 bits per heavy atom. The Kier molecular flexibility index (Phi) is 4.05. The number of benzene rings is 2. The average molecular weight is 335 g/mol. The van der Waals surface area contributed by atoms with Crippen molar-refractivity contribution in [1.29, 1.82) is 0 Å². The molecule has 112 valence electrons. The lowest BCUT2D eigenvalue weighted by Crippen LogP contribution is -2.04. The van der Waals surface area contributed by atoms with Gasteiger partial charge in [-0.2, -0.15) is 0 Å². The summed E-state index contributed by atoms with van der Waals surface area (Å²) < 4.78 is 4.99. The van der Waals surface area contributed by atoms with Gasteiger partial charge in [-0.3, -0.25) is 0 Å². The number of hydrogen-bond donors (Lipinski definition) is 1. The summed E-state index contributed by atoms with van der Waals surface area (Å²) in [4.78, 5) is 19.4. The van der Waals surface area contributed by atoms with Gasteiger partial charge in [-0.1, -0.05) is 23.2 Å². The molecule has 0 atom stereocenters. The average Bonchev–Trinajstić information content (AvgIpc) is 2.89. The van der Waals surface area contributed by atoms with Crippen LogP contribution in [0.2, 0.25) is 10.0 Å². The Morgan fingerprint density at radius 2 is 2.05 bits per heavy atom. The molecule has 1 aromatic heterocycles. The minimum absolute atomic E-state index is 0.339. The van der Waals surface area contributed by atoms with E-state index in [2.05, 4.69) is 9.97 Å². The number of nitrogens with zero attached hydrogens (tertiary/aromatic N) is 1. The van der Waals surface area contributed by atoms with Gasteiger partial charge in [0, 0.05) is 10.6 Å². The van der Waals surface area contributed by atoms with E-state index in [0.717, 1.165) is 16.6 Å². The van der Waals surface area contributed by atoms with E-state index in [1.165, 1.54) is 0 Å². The number of esters is 1. The molecule has 0 amide bonds. The molecule has 0 saturated heterocycles. The number of hydrogen-bond acceptors (Lipinski definition) is 3. The van der Waals surface area contributed by atoms with E-state index >= 15 is 0 Å². The van der Waals surface area contributed by atoms with Gasteiger partial charge in [-0.15, -0.1) is 0 Å². The first-order valence-electron chi connectivity index (χ1n) is 6.71. The molecule has 0 spiro atoms. The molecule has 2 aromatic carbocycles. The molecule has 1 N–H and O–H groups in total. The van der Waals surface area contributed by atoms with Crippen molar-refractivity contribution < 1.29 is 9.53 Å².